The third-order valence-corrected chi connectivity index (χ3v) is 3.09. The number of ether oxygens (including phenoxy) is 1. The minimum Gasteiger partial charge on any atom is -0.494 e. The lowest BCUT2D eigenvalue weighted by Crippen LogP contribution is -1.97. The number of allylic oxidation sites excluding steroid dienone is 1. The van der Waals surface area contributed by atoms with Gasteiger partial charge < -0.3 is 4.74 Å². The van der Waals surface area contributed by atoms with Gasteiger partial charge in [-0.1, -0.05) is 31.8 Å². The second-order valence-electron chi connectivity index (χ2n) is 4.73. The summed E-state index contributed by atoms with van der Waals surface area (Å²) in [6.45, 7) is 4.48. The van der Waals surface area contributed by atoms with Gasteiger partial charge in [0.05, 0.1) is 6.61 Å². The van der Waals surface area contributed by atoms with E-state index in [-0.39, 0.29) is 0 Å². The summed E-state index contributed by atoms with van der Waals surface area (Å²) in [7, 11) is 0. The molecule has 0 unspecified atom stereocenters. The van der Waals surface area contributed by atoms with Crippen molar-refractivity contribution in [1.29, 1.82) is 0 Å². The summed E-state index contributed by atoms with van der Waals surface area (Å²) in [5.74, 6) is 0.844. The molecule has 0 aliphatic rings. The molecule has 104 valence electrons. The van der Waals surface area contributed by atoms with Crippen LogP contribution in [0.15, 0.2) is 36.9 Å². The Morgan fingerprint density at radius 1 is 0.947 bits per heavy atom. The molecule has 1 aromatic rings. The molecule has 0 saturated heterocycles. The van der Waals surface area contributed by atoms with Gasteiger partial charge in [0.15, 0.2) is 0 Å². The highest BCUT2D eigenvalue weighted by atomic mass is 16.5. The molecule has 0 saturated carbocycles. The van der Waals surface area contributed by atoms with Crippen LogP contribution in [-0.2, 0) is 0 Å². The second kappa shape index (κ2) is 10.4. The second-order valence-corrected chi connectivity index (χ2v) is 4.73. The maximum Gasteiger partial charge on any atom is 0.150 e. The molecule has 0 aliphatic carbocycles. The summed E-state index contributed by atoms with van der Waals surface area (Å²) >= 11 is 0. The van der Waals surface area contributed by atoms with Gasteiger partial charge in [-0.15, -0.1) is 6.58 Å². The molecule has 0 heterocycles. The van der Waals surface area contributed by atoms with E-state index in [4.69, 9.17) is 4.74 Å². The number of aldehydes is 1. The highest BCUT2D eigenvalue weighted by Gasteiger charge is 1.95. The fourth-order valence-corrected chi connectivity index (χ4v) is 1.93. The maximum atomic E-state index is 10.5. The van der Waals surface area contributed by atoms with Gasteiger partial charge in [0, 0.05) is 5.56 Å². The van der Waals surface area contributed by atoms with Gasteiger partial charge in [-0.2, -0.15) is 0 Å². The van der Waals surface area contributed by atoms with Crippen LogP contribution in [0.25, 0.3) is 0 Å². The molecular formula is C17H24O2. The highest BCUT2D eigenvalue weighted by molar-refractivity contribution is 5.74. The molecule has 1 aromatic carbocycles. The van der Waals surface area contributed by atoms with Crippen LogP contribution in [0.1, 0.15) is 55.3 Å². The van der Waals surface area contributed by atoms with Crippen LogP contribution in [0.3, 0.4) is 0 Å². The number of unbranched alkanes of at least 4 members (excludes halogenated alkanes) is 6. The summed E-state index contributed by atoms with van der Waals surface area (Å²) in [5, 5.41) is 0. The summed E-state index contributed by atoms with van der Waals surface area (Å²) in [5.41, 5.74) is 0.687. The van der Waals surface area contributed by atoms with E-state index in [1.54, 1.807) is 12.1 Å². The SMILES string of the molecule is C=CCCCCCCCCOc1ccc(C=O)cc1. The van der Waals surface area contributed by atoms with Crippen LogP contribution in [-0.4, -0.2) is 12.9 Å². The first-order valence-electron chi connectivity index (χ1n) is 7.16. The van der Waals surface area contributed by atoms with Crippen LogP contribution in [0.5, 0.6) is 5.75 Å². The van der Waals surface area contributed by atoms with Crippen LogP contribution < -0.4 is 4.74 Å². The largest absolute Gasteiger partial charge is 0.494 e. The van der Waals surface area contributed by atoms with Gasteiger partial charge in [0.25, 0.3) is 0 Å². The van der Waals surface area contributed by atoms with Crippen LogP contribution in [0, 0.1) is 0 Å². The van der Waals surface area contributed by atoms with Crippen molar-refractivity contribution in [2.45, 2.75) is 44.9 Å². The zero-order chi connectivity index (χ0) is 13.8. The standard InChI is InChI=1S/C17H24O2/c1-2-3-4-5-6-7-8-9-14-19-17-12-10-16(15-18)11-13-17/h2,10-13,15H,1,3-9,14H2. The molecule has 19 heavy (non-hydrogen) atoms. The van der Waals surface area contributed by atoms with Crippen molar-refractivity contribution in [3.8, 4) is 5.75 Å². The van der Waals surface area contributed by atoms with E-state index in [9.17, 15) is 4.79 Å². The third kappa shape index (κ3) is 7.45. The minimum atomic E-state index is 0.687. The zero-order valence-corrected chi connectivity index (χ0v) is 11.6. The molecule has 2 nitrogen and oxygen atoms in total. The summed E-state index contributed by atoms with van der Waals surface area (Å²) in [6.07, 6.45) is 11.5. The number of carbonyl (C=O) groups is 1. The molecule has 0 N–H and O–H groups in total. The van der Waals surface area contributed by atoms with Crippen molar-refractivity contribution in [1.82, 2.24) is 0 Å². The number of hydrogen-bond donors (Lipinski definition) is 0. The normalized spacial score (nSPS) is 10.1. The molecule has 0 aliphatic heterocycles. The lowest BCUT2D eigenvalue weighted by atomic mass is 10.1. The van der Waals surface area contributed by atoms with Gasteiger partial charge in [0.2, 0.25) is 0 Å². The van der Waals surface area contributed by atoms with Crippen molar-refractivity contribution >= 4 is 6.29 Å². The van der Waals surface area contributed by atoms with Gasteiger partial charge >= 0.3 is 0 Å². The number of hydrogen-bond acceptors (Lipinski definition) is 2. The first-order chi connectivity index (χ1) is 9.36. The smallest absolute Gasteiger partial charge is 0.150 e. The quantitative estimate of drug-likeness (QED) is 0.325. The van der Waals surface area contributed by atoms with Crippen molar-refractivity contribution < 1.29 is 9.53 Å². The molecule has 0 spiro atoms. The Labute approximate surface area is 116 Å². The van der Waals surface area contributed by atoms with Gasteiger partial charge in [0.1, 0.15) is 12.0 Å². The van der Waals surface area contributed by atoms with Crippen LogP contribution >= 0.6 is 0 Å². The lowest BCUT2D eigenvalue weighted by molar-refractivity contribution is 0.112. The predicted octanol–water partition coefficient (Wildman–Crippen LogP) is 4.79. The Hall–Kier alpha value is -1.57. The van der Waals surface area contributed by atoms with Crippen LogP contribution in [0.4, 0.5) is 0 Å². The average molecular weight is 260 g/mol. The average Bonchev–Trinajstić information content (AvgIpc) is 2.46. The fourth-order valence-electron chi connectivity index (χ4n) is 1.93. The number of benzene rings is 1. The van der Waals surface area contributed by atoms with Gasteiger partial charge in [-0.25, -0.2) is 0 Å². The third-order valence-electron chi connectivity index (χ3n) is 3.09. The van der Waals surface area contributed by atoms with Crippen molar-refractivity contribution in [2.75, 3.05) is 6.61 Å². The molecule has 2 heteroatoms. The van der Waals surface area contributed by atoms with E-state index in [0.717, 1.165) is 31.5 Å². The zero-order valence-electron chi connectivity index (χ0n) is 11.6. The van der Waals surface area contributed by atoms with E-state index in [0.29, 0.717) is 5.56 Å². The van der Waals surface area contributed by atoms with Crippen LogP contribution in [0.2, 0.25) is 0 Å². The Morgan fingerprint density at radius 2 is 1.58 bits per heavy atom. The summed E-state index contributed by atoms with van der Waals surface area (Å²) < 4.78 is 5.62. The van der Waals surface area contributed by atoms with Crippen molar-refractivity contribution in [3.05, 3.63) is 42.5 Å². The molecular weight excluding hydrogens is 236 g/mol. The van der Waals surface area contributed by atoms with E-state index >= 15 is 0 Å². The maximum absolute atomic E-state index is 10.5. The molecule has 0 radical (unpaired) electrons. The molecule has 0 fully saturated rings. The summed E-state index contributed by atoms with van der Waals surface area (Å²) in [4.78, 5) is 10.5. The topological polar surface area (TPSA) is 26.3 Å². The van der Waals surface area contributed by atoms with Gasteiger partial charge in [-0.3, -0.25) is 4.79 Å². The van der Waals surface area contributed by atoms with E-state index < -0.39 is 0 Å². The molecule has 0 bridgehead atoms. The van der Waals surface area contributed by atoms with Crippen molar-refractivity contribution in [2.24, 2.45) is 0 Å². The van der Waals surface area contributed by atoms with E-state index in [1.165, 1.54) is 32.1 Å². The molecule has 0 amide bonds. The van der Waals surface area contributed by atoms with E-state index in [1.807, 2.05) is 18.2 Å². The highest BCUT2D eigenvalue weighted by Crippen LogP contribution is 2.12. The minimum absolute atomic E-state index is 0.687. The molecule has 1 rings (SSSR count). The number of carbonyl (C=O) groups excluding carboxylic acids is 1. The number of rotatable bonds is 11. The Morgan fingerprint density at radius 3 is 2.21 bits per heavy atom. The first-order valence-corrected chi connectivity index (χ1v) is 7.16. The first kappa shape index (κ1) is 15.5. The lowest BCUT2D eigenvalue weighted by Gasteiger charge is -2.06. The Kier molecular flexibility index (Phi) is 8.45. The Bertz CT molecular complexity index is 354. The monoisotopic (exact) mass is 260 g/mol. The van der Waals surface area contributed by atoms with Gasteiger partial charge in [-0.05, 0) is 43.5 Å². The predicted molar refractivity (Wildman–Crippen MR) is 79.8 cm³/mol. The fraction of sp³-hybridized carbons (Fsp3) is 0.471. The molecule has 0 atom stereocenters. The molecule has 0 aromatic heterocycles. The van der Waals surface area contributed by atoms with E-state index in [2.05, 4.69) is 6.58 Å². The van der Waals surface area contributed by atoms with Crippen molar-refractivity contribution in [3.63, 3.8) is 0 Å². The summed E-state index contributed by atoms with van der Waals surface area (Å²) in [6, 6.07) is 7.25. The Balaban J connectivity index is 1.98.